The highest BCUT2D eigenvalue weighted by molar-refractivity contribution is 6.39. The maximum absolute atomic E-state index is 12.0. The topological polar surface area (TPSA) is 77.6 Å². The van der Waals surface area contributed by atoms with Gasteiger partial charge >= 0.3 is 11.8 Å². The summed E-state index contributed by atoms with van der Waals surface area (Å²) >= 11 is 0. The molecule has 0 unspecified atom stereocenters. The molecule has 0 aliphatic carbocycles. The maximum atomic E-state index is 12.0. The molecule has 0 aromatic carbocycles. The molecule has 2 N–H and O–H groups in total. The summed E-state index contributed by atoms with van der Waals surface area (Å²) in [6, 6.07) is 4.20. The molecule has 1 aromatic rings. The molecule has 0 saturated carbocycles. The minimum Gasteiger partial charge on any atom is -0.357 e. The predicted octanol–water partition coefficient (Wildman–Crippen LogP) is 2.25. The molecule has 0 radical (unpaired) electrons. The van der Waals surface area contributed by atoms with Crippen LogP contribution in [0.4, 0.5) is 11.5 Å². The van der Waals surface area contributed by atoms with E-state index in [0.717, 1.165) is 38.3 Å². The molecule has 27 heavy (non-hydrogen) atoms. The van der Waals surface area contributed by atoms with E-state index < -0.39 is 11.8 Å². The summed E-state index contributed by atoms with van der Waals surface area (Å²) in [4.78, 5) is 32.8. The van der Waals surface area contributed by atoms with Crippen molar-refractivity contribution in [1.82, 2.24) is 15.2 Å². The summed E-state index contributed by atoms with van der Waals surface area (Å²) in [5, 5.41) is 5.28. The fourth-order valence-electron chi connectivity index (χ4n) is 2.98. The lowest BCUT2D eigenvalue weighted by atomic mass is 10.1. The van der Waals surface area contributed by atoms with Gasteiger partial charge in [-0.1, -0.05) is 0 Å². The predicted molar refractivity (Wildman–Crippen MR) is 109 cm³/mol. The van der Waals surface area contributed by atoms with Crippen molar-refractivity contribution in [3.8, 4) is 0 Å². The smallest absolute Gasteiger partial charge is 0.313 e. The Hall–Kier alpha value is -2.15. The standard InChI is InChI=1S/C20H33N5O2/c1-16(2)24(3)12-8-5-11-21-19(26)20(27)23-17-9-10-18(22-15-17)25-13-6-4-7-14-25/h9-10,15-16H,4-8,11-14H2,1-3H3,(H,21,26)(H,23,27). The molecule has 1 aromatic heterocycles. The number of anilines is 2. The first-order valence-electron chi connectivity index (χ1n) is 9.98. The quantitative estimate of drug-likeness (QED) is 0.538. The molecule has 0 atom stereocenters. The zero-order valence-corrected chi connectivity index (χ0v) is 16.8. The van der Waals surface area contributed by atoms with E-state index in [1.807, 2.05) is 6.07 Å². The maximum Gasteiger partial charge on any atom is 0.313 e. The molecule has 1 aliphatic heterocycles. The van der Waals surface area contributed by atoms with Crippen molar-refractivity contribution >= 4 is 23.3 Å². The molecule has 7 nitrogen and oxygen atoms in total. The van der Waals surface area contributed by atoms with E-state index in [1.165, 1.54) is 19.3 Å². The number of hydrogen-bond acceptors (Lipinski definition) is 5. The van der Waals surface area contributed by atoms with Crippen LogP contribution in [0.15, 0.2) is 18.3 Å². The van der Waals surface area contributed by atoms with Crippen LogP contribution in [0.5, 0.6) is 0 Å². The number of aromatic nitrogens is 1. The number of unbranched alkanes of at least 4 members (excludes halogenated alkanes) is 1. The Morgan fingerprint density at radius 1 is 1.15 bits per heavy atom. The van der Waals surface area contributed by atoms with Crippen molar-refractivity contribution in [3.05, 3.63) is 18.3 Å². The molecule has 150 valence electrons. The van der Waals surface area contributed by atoms with Gasteiger partial charge in [-0.25, -0.2) is 4.98 Å². The van der Waals surface area contributed by atoms with Crippen molar-refractivity contribution in [2.75, 3.05) is 43.4 Å². The number of rotatable bonds is 8. The Bertz CT molecular complexity index is 597. The van der Waals surface area contributed by atoms with Gasteiger partial charge < -0.3 is 20.4 Å². The van der Waals surface area contributed by atoms with Crippen molar-refractivity contribution in [3.63, 3.8) is 0 Å². The number of amides is 2. The molecule has 2 amide bonds. The molecule has 2 rings (SSSR count). The minimum absolute atomic E-state index is 0.504. The lowest BCUT2D eigenvalue weighted by molar-refractivity contribution is -0.136. The molecular weight excluding hydrogens is 342 g/mol. The second-order valence-corrected chi connectivity index (χ2v) is 7.44. The highest BCUT2D eigenvalue weighted by atomic mass is 16.2. The fraction of sp³-hybridized carbons (Fsp3) is 0.650. The van der Waals surface area contributed by atoms with Crippen LogP contribution in [-0.2, 0) is 9.59 Å². The van der Waals surface area contributed by atoms with Gasteiger partial charge in [-0.15, -0.1) is 0 Å². The highest BCUT2D eigenvalue weighted by Gasteiger charge is 2.15. The second kappa shape index (κ2) is 10.9. The third kappa shape index (κ3) is 7.17. The van der Waals surface area contributed by atoms with Crippen LogP contribution in [0.3, 0.4) is 0 Å². The van der Waals surface area contributed by atoms with Gasteiger partial charge in [-0.3, -0.25) is 9.59 Å². The SMILES string of the molecule is CC(C)N(C)CCCCNC(=O)C(=O)Nc1ccc(N2CCCCC2)nc1. The van der Waals surface area contributed by atoms with E-state index in [9.17, 15) is 9.59 Å². The van der Waals surface area contributed by atoms with Crippen LogP contribution >= 0.6 is 0 Å². The van der Waals surface area contributed by atoms with E-state index in [4.69, 9.17) is 0 Å². The summed E-state index contributed by atoms with van der Waals surface area (Å²) in [5.41, 5.74) is 0.537. The van der Waals surface area contributed by atoms with Crippen molar-refractivity contribution in [1.29, 1.82) is 0 Å². The van der Waals surface area contributed by atoms with Gasteiger partial charge in [0.05, 0.1) is 11.9 Å². The van der Waals surface area contributed by atoms with Crippen LogP contribution in [0, 0.1) is 0 Å². The molecule has 1 fully saturated rings. The summed E-state index contributed by atoms with van der Waals surface area (Å²) in [5.74, 6) is -0.336. The van der Waals surface area contributed by atoms with Gasteiger partial charge in [0, 0.05) is 25.7 Å². The van der Waals surface area contributed by atoms with Crippen LogP contribution in [0.25, 0.3) is 0 Å². The van der Waals surface area contributed by atoms with Crippen LogP contribution < -0.4 is 15.5 Å². The molecule has 2 heterocycles. The van der Waals surface area contributed by atoms with Crippen LogP contribution in [0.2, 0.25) is 0 Å². The summed E-state index contributed by atoms with van der Waals surface area (Å²) in [6.07, 6.45) is 7.09. The third-order valence-electron chi connectivity index (χ3n) is 5.00. The summed E-state index contributed by atoms with van der Waals surface area (Å²) < 4.78 is 0. The normalized spacial score (nSPS) is 14.5. The summed E-state index contributed by atoms with van der Waals surface area (Å²) in [6.45, 7) is 7.83. The Labute approximate surface area is 162 Å². The van der Waals surface area contributed by atoms with Gasteiger partial charge in [0.25, 0.3) is 0 Å². The van der Waals surface area contributed by atoms with Gasteiger partial charge in [0.1, 0.15) is 5.82 Å². The highest BCUT2D eigenvalue weighted by Crippen LogP contribution is 2.18. The van der Waals surface area contributed by atoms with Crippen LogP contribution in [0.1, 0.15) is 46.0 Å². The number of carbonyl (C=O) groups excluding carboxylic acids is 2. The third-order valence-corrected chi connectivity index (χ3v) is 5.00. The zero-order valence-electron chi connectivity index (χ0n) is 16.8. The van der Waals surface area contributed by atoms with Crippen molar-refractivity contribution < 1.29 is 9.59 Å². The Morgan fingerprint density at radius 3 is 2.52 bits per heavy atom. The van der Waals surface area contributed by atoms with Gasteiger partial charge in [0.15, 0.2) is 0 Å². The largest absolute Gasteiger partial charge is 0.357 e. The van der Waals surface area contributed by atoms with E-state index >= 15 is 0 Å². The van der Waals surface area contributed by atoms with Gasteiger partial charge in [-0.05, 0) is 71.7 Å². The Morgan fingerprint density at radius 2 is 1.89 bits per heavy atom. The molecule has 7 heteroatoms. The van der Waals surface area contributed by atoms with Crippen LogP contribution in [-0.4, -0.2) is 61.0 Å². The van der Waals surface area contributed by atoms with E-state index in [1.54, 1.807) is 12.3 Å². The average molecular weight is 376 g/mol. The number of hydrogen-bond donors (Lipinski definition) is 2. The molecule has 1 aliphatic rings. The fourth-order valence-corrected chi connectivity index (χ4v) is 2.98. The van der Waals surface area contributed by atoms with Gasteiger partial charge in [0.2, 0.25) is 0 Å². The zero-order chi connectivity index (χ0) is 19.6. The Kier molecular flexibility index (Phi) is 8.51. The molecular formula is C20H33N5O2. The molecule has 1 saturated heterocycles. The average Bonchev–Trinajstić information content (AvgIpc) is 2.68. The van der Waals surface area contributed by atoms with Gasteiger partial charge in [-0.2, -0.15) is 0 Å². The minimum atomic E-state index is -0.651. The lowest BCUT2D eigenvalue weighted by Crippen LogP contribution is -2.36. The van der Waals surface area contributed by atoms with Crippen molar-refractivity contribution in [2.45, 2.75) is 52.0 Å². The first kappa shape index (κ1) is 21.2. The number of piperidine rings is 1. The first-order chi connectivity index (χ1) is 13.0. The number of pyridine rings is 1. The number of carbonyl (C=O) groups is 2. The molecule has 0 spiro atoms. The number of nitrogens with zero attached hydrogens (tertiary/aromatic N) is 3. The monoisotopic (exact) mass is 375 g/mol. The van der Waals surface area contributed by atoms with E-state index in [0.29, 0.717) is 18.3 Å². The Balaban J connectivity index is 1.68. The summed E-state index contributed by atoms with van der Waals surface area (Å²) in [7, 11) is 2.08. The van der Waals surface area contributed by atoms with E-state index in [2.05, 4.69) is 46.3 Å². The number of nitrogens with one attached hydrogen (secondary N) is 2. The first-order valence-corrected chi connectivity index (χ1v) is 9.98. The second-order valence-electron chi connectivity index (χ2n) is 7.44. The lowest BCUT2D eigenvalue weighted by Gasteiger charge is -2.27. The molecule has 0 bridgehead atoms. The van der Waals surface area contributed by atoms with Crippen molar-refractivity contribution in [2.24, 2.45) is 0 Å². The van der Waals surface area contributed by atoms with E-state index in [-0.39, 0.29) is 0 Å².